The summed E-state index contributed by atoms with van der Waals surface area (Å²) in [7, 11) is -3.40. The van der Waals surface area contributed by atoms with Crippen molar-refractivity contribution in [2.24, 2.45) is 0 Å². The highest BCUT2D eigenvalue weighted by molar-refractivity contribution is 7.88. The van der Waals surface area contributed by atoms with E-state index < -0.39 is 10.0 Å². The van der Waals surface area contributed by atoms with Crippen LogP contribution < -0.4 is 0 Å². The molecule has 2 aromatic carbocycles. The summed E-state index contributed by atoms with van der Waals surface area (Å²) in [5, 5.41) is 0. The summed E-state index contributed by atoms with van der Waals surface area (Å²) < 4.78 is 27.0. The maximum atomic E-state index is 12.8. The van der Waals surface area contributed by atoms with Gasteiger partial charge in [0.25, 0.3) is 0 Å². The van der Waals surface area contributed by atoms with Crippen LogP contribution in [0.25, 0.3) is 0 Å². The van der Waals surface area contributed by atoms with Crippen molar-refractivity contribution in [3.63, 3.8) is 0 Å². The fourth-order valence-corrected chi connectivity index (χ4v) is 6.14. The van der Waals surface area contributed by atoms with Gasteiger partial charge in [-0.05, 0) is 23.6 Å². The Morgan fingerprint density at radius 2 is 1.31 bits per heavy atom. The molecule has 0 spiro atoms. The molecule has 0 bridgehead atoms. The summed E-state index contributed by atoms with van der Waals surface area (Å²) in [5.74, 6) is 0.122. The molecule has 188 valence electrons. The number of nitrogens with zero attached hydrogens (tertiary/aromatic N) is 4. The average molecular weight is 499 g/mol. The molecule has 2 aliphatic rings. The summed E-state index contributed by atoms with van der Waals surface area (Å²) in [6.07, 6.45) is 0.406. The molecule has 0 saturated carbocycles. The maximum absolute atomic E-state index is 12.8. The standard InChI is InChI=1S/C26H34N4O4S/c1-22-7-5-6-10-24(22)19-25(31)28-13-11-27(12-14-28)20-26(32)29-15-17-30(18-16-29)35(33,34)21-23-8-3-2-4-9-23/h2-10H,11-21H2,1H3. The fourth-order valence-electron chi connectivity index (χ4n) is 4.62. The Labute approximate surface area is 208 Å². The fraction of sp³-hybridized carbons (Fsp3) is 0.462. The van der Waals surface area contributed by atoms with Gasteiger partial charge in [-0.2, -0.15) is 4.31 Å². The van der Waals surface area contributed by atoms with Gasteiger partial charge in [0.05, 0.1) is 18.7 Å². The smallest absolute Gasteiger partial charge is 0.236 e. The van der Waals surface area contributed by atoms with Gasteiger partial charge in [-0.1, -0.05) is 54.6 Å². The van der Waals surface area contributed by atoms with E-state index in [-0.39, 0.29) is 17.6 Å². The second-order valence-electron chi connectivity index (χ2n) is 9.28. The molecule has 2 aromatic rings. The Hall–Kier alpha value is -2.75. The second kappa shape index (κ2) is 11.3. The number of carbonyl (C=O) groups excluding carboxylic acids is 2. The molecule has 2 heterocycles. The van der Waals surface area contributed by atoms with Gasteiger partial charge in [0, 0.05) is 52.4 Å². The van der Waals surface area contributed by atoms with Crippen LogP contribution in [0.15, 0.2) is 54.6 Å². The van der Waals surface area contributed by atoms with E-state index in [1.807, 2.05) is 66.4 Å². The number of rotatable bonds is 7. The zero-order valence-electron chi connectivity index (χ0n) is 20.3. The van der Waals surface area contributed by atoms with Crippen molar-refractivity contribution >= 4 is 21.8 Å². The number of piperazine rings is 2. The van der Waals surface area contributed by atoms with Crippen LogP contribution in [0.3, 0.4) is 0 Å². The van der Waals surface area contributed by atoms with Crippen molar-refractivity contribution in [1.82, 2.24) is 19.0 Å². The Kier molecular flexibility index (Phi) is 8.20. The van der Waals surface area contributed by atoms with E-state index in [0.717, 1.165) is 16.7 Å². The molecule has 9 heteroatoms. The molecule has 0 radical (unpaired) electrons. The SMILES string of the molecule is Cc1ccccc1CC(=O)N1CCN(CC(=O)N2CCN(S(=O)(=O)Cc3ccccc3)CC2)CC1. The minimum Gasteiger partial charge on any atom is -0.340 e. The summed E-state index contributed by atoms with van der Waals surface area (Å²) in [4.78, 5) is 31.3. The minimum atomic E-state index is -3.40. The molecule has 2 saturated heterocycles. The molecule has 0 atom stereocenters. The molecule has 2 aliphatic heterocycles. The molecular formula is C26H34N4O4S. The molecule has 0 unspecified atom stereocenters. The average Bonchev–Trinajstić information content (AvgIpc) is 2.86. The van der Waals surface area contributed by atoms with Crippen LogP contribution in [0.5, 0.6) is 0 Å². The number of hydrogen-bond acceptors (Lipinski definition) is 5. The molecule has 0 N–H and O–H groups in total. The monoisotopic (exact) mass is 498 g/mol. The van der Waals surface area contributed by atoms with Crippen LogP contribution >= 0.6 is 0 Å². The van der Waals surface area contributed by atoms with E-state index in [1.54, 1.807) is 4.90 Å². The normalized spacial score (nSPS) is 18.0. The first-order chi connectivity index (χ1) is 16.8. The van der Waals surface area contributed by atoms with Gasteiger partial charge >= 0.3 is 0 Å². The molecule has 8 nitrogen and oxygen atoms in total. The van der Waals surface area contributed by atoms with E-state index in [4.69, 9.17) is 0 Å². The van der Waals surface area contributed by atoms with Gasteiger partial charge in [0.2, 0.25) is 21.8 Å². The van der Waals surface area contributed by atoms with Crippen molar-refractivity contribution in [2.45, 2.75) is 19.1 Å². The lowest BCUT2D eigenvalue weighted by molar-refractivity contribution is -0.135. The number of aryl methyl sites for hydroxylation is 1. The number of carbonyl (C=O) groups is 2. The van der Waals surface area contributed by atoms with Gasteiger partial charge in [0.1, 0.15) is 0 Å². The van der Waals surface area contributed by atoms with E-state index in [9.17, 15) is 18.0 Å². The lowest BCUT2D eigenvalue weighted by Crippen LogP contribution is -2.55. The Bertz CT molecular complexity index is 1120. The Morgan fingerprint density at radius 3 is 1.97 bits per heavy atom. The summed E-state index contributed by atoms with van der Waals surface area (Å²) in [5.41, 5.74) is 2.95. The van der Waals surface area contributed by atoms with Crippen LogP contribution in [0.1, 0.15) is 16.7 Å². The predicted molar refractivity (Wildman–Crippen MR) is 135 cm³/mol. The number of benzene rings is 2. The Balaban J connectivity index is 1.20. The third-order valence-corrected chi connectivity index (χ3v) is 8.71. The first-order valence-electron chi connectivity index (χ1n) is 12.2. The van der Waals surface area contributed by atoms with Crippen LogP contribution in [0, 0.1) is 6.92 Å². The largest absolute Gasteiger partial charge is 0.340 e. The van der Waals surface area contributed by atoms with Crippen molar-refractivity contribution < 1.29 is 18.0 Å². The quantitative estimate of drug-likeness (QED) is 0.576. The summed E-state index contributed by atoms with van der Waals surface area (Å²) >= 11 is 0. The first-order valence-corrected chi connectivity index (χ1v) is 13.8. The topological polar surface area (TPSA) is 81.2 Å². The highest BCUT2D eigenvalue weighted by Crippen LogP contribution is 2.15. The van der Waals surface area contributed by atoms with E-state index >= 15 is 0 Å². The van der Waals surface area contributed by atoms with Crippen molar-refractivity contribution in [3.8, 4) is 0 Å². The molecule has 35 heavy (non-hydrogen) atoms. The van der Waals surface area contributed by atoms with Gasteiger partial charge in [-0.25, -0.2) is 8.42 Å². The van der Waals surface area contributed by atoms with Crippen LogP contribution in [0.4, 0.5) is 0 Å². The number of amides is 2. The molecule has 2 amide bonds. The molecule has 4 rings (SSSR count). The zero-order valence-corrected chi connectivity index (χ0v) is 21.1. The summed E-state index contributed by atoms with van der Waals surface area (Å²) in [6.45, 7) is 6.33. The molecule has 0 aliphatic carbocycles. The van der Waals surface area contributed by atoms with Gasteiger partial charge in [-0.3, -0.25) is 14.5 Å². The van der Waals surface area contributed by atoms with E-state index in [1.165, 1.54) is 4.31 Å². The highest BCUT2D eigenvalue weighted by Gasteiger charge is 2.30. The first kappa shape index (κ1) is 25.3. The lowest BCUT2D eigenvalue weighted by Gasteiger charge is -2.37. The predicted octanol–water partition coefficient (Wildman–Crippen LogP) is 1.36. The highest BCUT2D eigenvalue weighted by atomic mass is 32.2. The zero-order chi connectivity index (χ0) is 24.8. The molecule has 2 fully saturated rings. The number of hydrogen-bond donors (Lipinski definition) is 0. The van der Waals surface area contributed by atoms with E-state index in [0.29, 0.717) is 65.3 Å². The van der Waals surface area contributed by atoms with Gasteiger partial charge in [0.15, 0.2) is 0 Å². The minimum absolute atomic E-state index is 0.0183. The third kappa shape index (κ3) is 6.68. The lowest BCUT2D eigenvalue weighted by atomic mass is 10.1. The molecule has 0 aromatic heterocycles. The second-order valence-corrected chi connectivity index (χ2v) is 11.3. The van der Waals surface area contributed by atoms with Gasteiger partial charge < -0.3 is 9.80 Å². The van der Waals surface area contributed by atoms with Crippen molar-refractivity contribution in [3.05, 3.63) is 71.3 Å². The third-order valence-electron chi connectivity index (χ3n) is 6.86. The van der Waals surface area contributed by atoms with Crippen LogP contribution in [-0.2, 0) is 31.8 Å². The van der Waals surface area contributed by atoms with Crippen molar-refractivity contribution in [1.29, 1.82) is 0 Å². The molecular weight excluding hydrogens is 464 g/mol. The summed E-state index contributed by atoms with van der Waals surface area (Å²) in [6, 6.07) is 17.1. The van der Waals surface area contributed by atoms with Crippen LogP contribution in [0.2, 0.25) is 0 Å². The maximum Gasteiger partial charge on any atom is 0.236 e. The Morgan fingerprint density at radius 1 is 0.743 bits per heavy atom. The number of sulfonamides is 1. The van der Waals surface area contributed by atoms with Crippen molar-refractivity contribution in [2.75, 3.05) is 58.9 Å². The van der Waals surface area contributed by atoms with Gasteiger partial charge in [-0.15, -0.1) is 0 Å². The van der Waals surface area contributed by atoms with Crippen LogP contribution in [-0.4, -0.2) is 98.1 Å². The van der Waals surface area contributed by atoms with E-state index in [2.05, 4.69) is 4.90 Å².